The maximum Gasteiger partial charge on any atom is 0.416 e. The van der Waals surface area contributed by atoms with Crippen LogP contribution in [0, 0.1) is 12.7 Å². The minimum absolute atomic E-state index is 0.107. The fraction of sp³-hybridized carbons (Fsp3) is 0.200. The van der Waals surface area contributed by atoms with Crippen LogP contribution in [0.4, 0.5) is 29.1 Å². The molecule has 1 fully saturated rings. The lowest BCUT2D eigenvalue weighted by Crippen LogP contribution is -2.29. The summed E-state index contributed by atoms with van der Waals surface area (Å²) in [5, 5.41) is 18.9. The third-order valence-electron chi connectivity index (χ3n) is 6.27. The van der Waals surface area contributed by atoms with Gasteiger partial charge in [-0.2, -0.15) is 13.2 Å². The molecule has 5 rings (SSSR count). The number of halogens is 4. The van der Waals surface area contributed by atoms with Crippen molar-refractivity contribution in [2.45, 2.75) is 31.4 Å². The molecule has 0 saturated heterocycles. The quantitative estimate of drug-likeness (QED) is 0.315. The van der Waals surface area contributed by atoms with Crippen LogP contribution >= 0.6 is 0 Å². The minimum atomic E-state index is -4.70. The van der Waals surface area contributed by atoms with Crippen LogP contribution in [-0.4, -0.2) is 37.4 Å². The van der Waals surface area contributed by atoms with Crippen LogP contribution in [0.5, 0.6) is 0 Å². The Labute approximate surface area is 212 Å². The van der Waals surface area contributed by atoms with E-state index >= 15 is 0 Å². The predicted molar refractivity (Wildman–Crippen MR) is 127 cm³/mol. The molecule has 1 aliphatic rings. The molecule has 38 heavy (non-hydrogen) atoms. The third kappa shape index (κ3) is 4.82. The summed E-state index contributed by atoms with van der Waals surface area (Å²) < 4.78 is 53.5. The van der Waals surface area contributed by atoms with Crippen LogP contribution in [-0.2, 0) is 16.4 Å². The number of H-pyrrole nitrogens is 1. The first-order chi connectivity index (χ1) is 18.1. The molecule has 2 amide bonds. The van der Waals surface area contributed by atoms with E-state index in [0.29, 0.717) is 11.9 Å². The predicted octanol–water partition coefficient (Wildman–Crippen LogP) is 4.65. The number of tetrazole rings is 1. The van der Waals surface area contributed by atoms with Crippen LogP contribution in [0.1, 0.15) is 39.9 Å². The van der Waals surface area contributed by atoms with Gasteiger partial charge in [-0.3, -0.25) is 9.59 Å². The Morgan fingerprint density at radius 2 is 1.82 bits per heavy atom. The van der Waals surface area contributed by atoms with E-state index in [2.05, 4.69) is 36.2 Å². The zero-order valence-corrected chi connectivity index (χ0v) is 19.7. The van der Waals surface area contributed by atoms with Gasteiger partial charge in [0.25, 0.3) is 5.91 Å². The maximum atomic E-state index is 14.7. The first-order valence-corrected chi connectivity index (χ1v) is 11.4. The van der Waals surface area contributed by atoms with Crippen LogP contribution in [0.15, 0.2) is 54.7 Å². The molecule has 1 saturated carbocycles. The van der Waals surface area contributed by atoms with Gasteiger partial charge in [-0.25, -0.2) is 14.5 Å². The van der Waals surface area contributed by atoms with Gasteiger partial charge >= 0.3 is 6.18 Å². The standard InChI is InChI=1S/C25H19F4N7O2/c1-13-2-7-20(30-12-13)32-22(37)16-5-4-15(11-17(16)21-33-35-36-34-21)31-23(38)24(8-9-24)18-6-3-14(10-19(18)26)25(27,28)29/h2-7,10-12H,8-9H2,1H3,(H,31,38)(H,30,32,37)(H,33,34,35,36). The van der Waals surface area contributed by atoms with E-state index < -0.39 is 34.8 Å². The molecular weight excluding hydrogens is 506 g/mol. The van der Waals surface area contributed by atoms with Crippen LogP contribution < -0.4 is 10.6 Å². The summed E-state index contributed by atoms with van der Waals surface area (Å²) in [4.78, 5) is 30.3. The van der Waals surface area contributed by atoms with E-state index in [-0.39, 0.29) is 41.0 Å². The van der Waals surface area contributed by atoms with Crippen molar-refractivity contribution in [3.63, 3.8) is 0 Å². The van der Waals surface area contributed by atoms with Gasteiger partial charge in [0.2, 0.25) is 5.91 Å². The zero-order chi connectivity index (χ0) is 27.1. The Morgan fingerprint density at radius 1 is 1.03 bits per heavy atom. The summed E-state index contributed by atoms with van der Waals surface area (Å²) in [7, 11) is 0. The highest BCUT2D eigenvalue weighted by atomic mass is 19.4. The fourth-order valence-electron chi connectivity index (χ4n) is 4.09. The number of benzene rings is 2. The zero-order valence-electron chi connectivity index (χ0n) is 19.7. The van der Waals surface area contributed by atoms with Gasteiger partial charge in [-0.05, 0) is 72.2 Å². The Balaban J connectivity index is 1.41. The van der Waals surface area contributed by atoms with Crippen molar-refractivity contribution in [2.24, 2.45) is 0 Å². The number of hydrogen-bond donors (Lipinski definition) is 3. The van der Waals surface area contributed by atoms with Crippen molar-refractivity contribution in [1.82, 2.24) is 25.6 Å². The molecule has 0 unspecified atom stereocenters. The van der Waals surface area contributed by atoms with Gasteiger partial charge in [0.05, 0.1) is 16.5 Å². The van der Waals surface area contributed by atoms with Crippen LogP contribution in [0.25, 0.3) is 11.4 Å². The lowest BCUT2D eigenvalue weighted by molar-refractivity contribution is -0.137. The number of amides is 2. The molecule has 3 N–H and O–H groups in total. The van der Waals surface area contributed by atoms with Gasteiger partial charge < -0.3 is 10.6 Å². The largest absolute Gasteiger partial charge is 0.416 e. The summed E-state index contributed by atoms with van der Waals surface area (Å²) in [6, 6.07) is 9.99. The molecule has 13 heteroatoms. The maximum absolute atomic E-state index is 14.7. The Hall–Kier alpha value is -4.68. The molecule has 2 heterocycles. The van der Waals surface area contributed by atoms with E-state index in [1.807, 2.05) is 6.92 Å². The number of anilines is 2. The average molecular weight is 525 g/mol. The summed E-state index contributed by atoms with van der Waals surface area (Å²) >= 11 is 0. The summed E-state index contributed by atoms with van der Waals surface area (Å²) in [6.07, 6.45) is -2.56. The molecule has 0 radical (unpaired) electrons. The molecule has 0 atom stereocenters. The highest BCUT2D eigenvalue weighted by Crippen LogP contribution is 2.50. The second-order valence-electron chi connectivity index (χ2n) is 8.91. The van der Waals surface area contributed by atoms with E-state index in [1.165, 1.54) is 18.2 Å². The van der Waals surface area contributed by atoms with Crippen molar-refractivity contribution in [3.05, 3.63) is 82.8 Å². The SMILES string of the molecule is Cc1ccc(NC(=O)c2ccc(NC(=O)C3(c4ccc(C(F)(F)F)cc4F)CC3)cc2-c2nnn[nH]2)nc1. The summed E-state index contributed by atoms with van der Waals surface area (Å²) in [6.45, 7) is 1.86. The number of hydrogen-bond acceptors (Lipinski definition) is 6. The molecule has 9 nitrogen and oxygen atoms in total. The molecule has 2 aromatic carbocycles. The number of carbonyl (C=O) groups excluding carboxylic acids is 2. The number of aromatic nitrogens is 5. The average Bonchev–Trinajstić information content (AvgIpc) is 3.50. The molecular formula is C25H19F4N7O2. The van der Waals surface area contributed by atoms with E-state index in [1.54, 1.807) is 18.3 Å². The van der Waals surface area contributed by atoms with Crippen molar-refractivity contribution < 1.29 is 27.2 Å². The van der Waals surface area contributed by atoms with Gasteiger partial charge in [0, 0.05) is 23.0 Å². The van der Waals surface area contributed by atoms with Gasteiger partial charge in [-0.15, -0.1) is 5.10 Å². The molecule has 0 bridgehead atoms. The highest BCUT2D eigenvalue weighted by Gasteiger charge is 2.53. The number of rotatable bonds is 6. The lowest BCUT2D eigenvalue weighted by atomic mass is 9.93. The number of carbonyl (C=O) groups is 2. The van der Waals surface area contributed by atoms with Gasteiger partial charge in [-0.1, -0.05) is 12.1 Å². The normalized spacial score (nSPS) is 14.1. The number of nitrogens with zero attached hydrogens (tertiary/aromatic N) is 4. The van der Waals surface area contributed by atoms with Crippen molar-refractivity contribution >= 4 is 23.3 Å². The molecule has 4 aromatic rings. The Kier molecular flexibility index (Phi) is 6.13. The number of aromatic amines is 1. The van der Waals surface area contributed by atoms with E-state index in [4.69, 9.17) is 0 Å². The van der Waals surface area contributed by atoms with Crippen molar-refractivity contribution in [2.75, 3.05) is 10.6 Å². The van der Waals surface area contributed by atoms with Gasteiger partial charge in [0.1, 0.15) is 11.6 Å². The first kappa shape index (κ1) is 25.0. The number of pyridine rings is 1. The summed E-state index contributed by atoms with van der Waals surface area (Å²) in [5.74, 6) is -1.71. The Bertz CT molecular complexity index is 1520. The van der Waals surface area contributed by atoms with Crippen molar-refractivity contribution in [1.29, 1.82) is 0 Å². The highest BCUT2D eigenvalue weighted by molar-refractivity contribution is 6.09. The molecule has 194 valence electrons. The second kappa shape index (κ2) is 9.32. The second-order valence-corrected chi connectivity index (χ2v) is 8.91. The smallest absolute Gasteiger partial charge is 0.325 e. The minimum Gasteiger partial charge on any atom is -0.325 e. The number of nitrogens with one attached hydrogen (secondary N) is 3. The topological polar surface area (TPSA) is 126 Å². The fourth-order valence-corrected chi connectivity index (χ4v) is 4.09. The monoisotopic (exact) mass is 525 g/mol. The van der Waals surface area contributed by atoms with Crippen molar-refractivity contribution in [3.8, 4) is 11.4 Å². The number of aryl methyl sites for hydroxylation is 1. The van der Waals surface area contributed by atoms with Crippen LogP contribution in [0.3, 0.4) is 0 Å². The summed E-state index contributed by atoms with van der Waals surface area (Å²) in [5.41, 5.74) is -0.915. The molecule has 1 aliphatic carbocycles. The Morgan fingerprint density at radius 3 is 2.42 bits per heavy atom. The van der Waals surface area contributed by atoms with E-state index in [0.717, 1.165) is 17.7 Å². The third-order valence-corrected chi connectivity index (χ3v) is 6.27. The number of alkyl halides is 3. The molecule has 0 aliphatic heterocycles. The molecule has 2 aromatic heterocycles. The van der Waals surface area contributed by atoms with Gasteiger partial charge in [0.15, 0.2) is 5.82 Å². The molecule has 0 spiro atoms. The lowest BCUT2D eigenvalue weighted by Gasteiger charge is -2.18. The van der Waals surface area contributed by atoms with E-state index in [9.17, 15) is 27.2 Å². The first-order valence-electron chi connectivity index (χ1n) is 11.4. The van der Waals surface area contributed by atoms with Crippen LogP contribution in [0.2, 0.25) is 0 Å².